The number of imide groups is 1. The average Bonchev–Trinajstić information content (AvgIpc) is 3.18. The van der Waals surface area contributed by atoms with Gasteiger partial charge in [0, 0.05) is 19.2 Å². The first-order valence-corrected chi connectivity index (χ1v) is 9.31. The minimum Gasteiger partial charge on any atom is -0.457 e. The van der Waals surface area contributed by atoms with Crippen molar-refractivity contribution in [2.75, 3.05) is 27.2 Å². The van der Waals surface area contributed by atoms with Gasteiger partial charge in [-0.1, -0.05) is 12.1 Å². The van der Waals surface area contributed by atoms with Crippen LogP contribution in [0.2, 0.25) is 0 Å². The van der Waals surface area contributed by atoms with E-state index in [0.29, 0.717) is 6.54 Å². The maximum absolute atomic E-state index is 12.6. The van der Waals surface area contributed by atoms with Crippen LogP contribution in [0.5, 0.6) is 5.75 Å². The molecular weight excluding hydrogens is 409 g/mol. The van der Waals surface area contributed by atoms with Crippen molar-refractivity contribution in [3.8, 4) is 17.1 Å². The van der Waals surface area contributed by atoms with E-state index in [0.717, 1.165) is 16.7 Å². The summed E-state index contributed by atoms with van der Waals surface area (Å²) in [6.45, 7) is 0.798. The van der Waals surface area contributed by atoms with Crippen molar-refractivity contribution < 1.29 is 31.9 Å². The van der Waals surface area contributed by atoms with E-state index < -0.39 is 18.0 Å². The molecule has 0 spiro atoms. The quantitative estimate of drug-likeness (QED) is 0.637. The number of halogens is 3. The lowest BCUT2D eigenvalue weighted by atomic mass is 10.1. The molecule has 1 saturated heterocycles. The number of para-hydroxylation sites is 1. The van der Waals surface area contributed by atoms with E-state index in [-0.39, 0.29) is 33.8 Å². The molecule has 3 rings (SSSR count). The van der Waals surface area contributed by atoms with Gasteiger partial charge in [-0.15, -0.1) is 13.2 Å². The van der Waals surface area contributed by atoms with Gasteiger partial charge in [-0.3, -0.25) is 14.5 Å². The molecular formula is C19H17F3N2O4S. The number of rotatable bonds is 6. The fraction of sp³-hybridized carbons (Fsp3) is 0.263. The number of nitrogens with zero attached hydrogens (tertiary/aromatic N) is 2. The zero-order valence-corrected chi connectivity index (χ0v) is 16.3. The van der Waals surface area contributed by atoms with Gasteiger partial charge in [0.2, 0.25) is 0 Å². The number of likely N-dealkylation sites (N-methyl/N-ethyl adjacent to an activating group) is 1. The minimum atomic E-state index is -4.84. The molecule has 29 heavy (non-hydrogen) atoms. The summed E-state index contributed by atoms with van der Waals surface area (Å²) >= 11 is 0.791. The first-order valence-electron chi connectivity index (χ1n) is 8.49. The Bertz CT molecular complexity index is 953. The Labute approximate surface area is 168 Å². The molecule has 1 fully saturated rings. The zero-order valence-electron chi connectivity index (χ0n) is 15.5. The van der Waals surface area contributed by atoms with Crippen molar-refractivity contribution in [1.29, 1.82) is 0 Å². The fourth-order valence-corrected chi connectivity index (χ4v) is 3.43. The van der Waals surface area contributed by atoms with E-state index in [4.69, 9.17) is 4.42 Å². The van der Waals surface area contributed by atoms with Gasteiger partial charge in [0.25, 0.3) is 11.1 Å². The maximum atomic E-state index is 12.6. The summed E-state index contributed by atoms with van der Waals surface area (Å²) in [5.74, 6) is -0.451. The number of carbonyl (C=O) groups is 2. The highest BCUT2D eigenvalue weighted by Crippen LogP contribution is 2.36. The molecule has 2 heterocycles. The lowest BCUT2D eigenvalue weighted by molar-refractivity contribution is -0.274. The van der Waals surface area contributed by atoms with Crippen molar-refractivity contribution in [3.05, 3.63) is 47.1 Å². The molecule has 0 radical (unpaired) electrons. The summed E-state index contributed by atoms with van der Waals surface area (Å²) in [7, 11) is 3.67. The van der Waals surface area contributed by atoms with E-state index in [1.165, 1.54) is 36.4 Å². The Morgan fingerprint density at radius 2 is 1.90 bits per heavy atom. The summed E-state index contributed by atoms with van der Waals surface area (Å²) in [6.07, 6.45) is -3.44. The second kappa shape index (κ2) is 8.34. The Morgan fingerprint density at radius 1 is 1.17 bits per heavy atom. The number of benzene rings is 1. The highest BCUT2D eigenvalue weighted by molar-refractivity contribution is 8.18. The fourth-order valence-electron chi connectivity index (χ4n) is 2.58. The van der Waals surface area contributed by atoms with Crippen LogP contribution in [0.4, 0.5) is 18.0 Å². The minimum absolute atomic E-state index is 0.114. The largest absolute Gasteiger partial charge is 0.573 e. The highest BCUT2D eigenvalue weighted by atomic mass is 32.2. The van der Waals surface area contributed by atoms with Crippen LogP contribution < -0.4 is 4.74 Å². The molecule has 1 aliphatic rings. The van der Waals surface area contributed by atoms with Crippen molar-refractivity contribution in [1.82, 2.24) is 9.80 Å². The van der Waals surface area contributed by atoms with Gasteiger partial charge in [0.15, 0.2) is 0 Å². The van der Waals surface area contributed by atoms with Crippen molar-refractivity contribution >= 4 is 29.0 Å². The Morgan fingerprint density at radius 3 is 2.59 bits per heavy atom. The number of carbonyl (C=O) groups excluding carboxylic acids is 2. The van der Waals surface area contributed by atoms with Gasteiger partial charge in [-0.25, -0.2) is 0 Å². The SMILES string of the molecule is CN(C)CCN1C(=O)S/C(=C\c2ccc(-c3ccccc3OC(F)(F)F)o2)C1=O. The monoisotopic (exact) mass is 426 g/mol. The summed E-state index contributed by atoms with van der Waals surface area (Å²) in [6, 6.07) is 8.56. The van der Waals surface area contributed by atoms with E-state index in [9.17, 15) is 22.8 Å². The first kappa shape index (κ1) is 21.0. The molecule has 0 N–H and O–H groups in total. The van der Waals surface area contributed by atoms with Gasteiger partial charge in [0.1, 0.15) is 17.3 Å². The van der Waals surface area contributed by atoms with Crippen LogP contribution in [-0.2, 0) is 4.79 Å². The third-order valence-corrected chi connectivity index (χ3v) is 4.83. The summed E-state index contributed by atoms with van der Waals surface area (Å²) in [5, 5.41) is -0.376. The summed E-state index contributed by atoms with van der Waals surface area (Å²) in [4.78, 5) is 27.7. The number of alkyl halides is 3. The second-order valence-electron chi connectivity index (χ2n) is 6.38. The van der Waals surface area contributed by atoms with Gasteiger partial charge in [-0.2, -0.15) is 0 Å². The third kappa shape index (κ3) is 5.21. The van der Waals surface area contributed by atoms with E-state index in [1.54, 1.807) is 6.07 Å². The molecule has 154 valence electrons. The molecule has 6 nitrogen and oxygen atoms in total. The molecule has 10 heteroatoms. The molecule has 0 saturated carbocycles. The van der Waals surface area contributed by atoms with Crippen molar-refractivity contribution in [3.63, 3.8) is 0 Å². The van der Waals surface area contributed by atoms with E-state index in [2.05, 4.69) is 4.74 Å². The van der Waals surface area contributed by atoms with Gasteiger partial charge < -0.3 is 14.1 Å². The topological polar surface area (TPSA) is 63.0 Å². The lowest BCUT2D eigenvalue weighted by Gasteiger charge is -2.15. The second-order valence-corrected chi connectivity index (χ2v) is 7.38. The number of hydrogen-bond acceptors (Lipinski definition) is 6. The Balaban J connectivity index is 1.81. The molecule has 2 amide bonds. The van der Waals surface area contributed by atoms with Crippen LogP contribution >= 0.6 is 11.8 Å². The molecule has 0 bridgehead atoms. The molecule has 0 aliphatic carbocycles. The molecule has 1 aromatic carbocycles. The van der Waals surface area contributed by atoms with Crippen molar-refractivity contribution in [2.24, 2.45) is 0 Å². The normalized spacial score (nSPS) is 16.3. The highest BCUT2D eigenvalue weighted by Gasteiger charge is 2.35. The van der Waals surface area contributed by atoms with Crippen molar-refractivity contribution in [2.45, 2.75) is 6.36 Å². The van der Waals surface area contributed by atoms with Crippen LogP contribution in [0.15, 0.2) is 45.7 Å². The van der Waals surface area contributed by atoms with Crippen LogP contribution in [0, 0.1) is 0 Å². The smallest absolute Gasteiger partial charge is 0.457 e. The number of thioether (sulfide) groups is 1. The Hall–Kier alpha value is -2.72. The third-order valence-electron chi connectivity index (χ3n) is 3.92. The maximum Gasteiger partial charge on any atom is 0.573 e. The number of amides is 2. The van der Waals surface area contributed by atoms with Crippen LogP contribution in [0.25, 0.3) is 17.4 Å². The van der Waals surface area contributed by atoms with Crippen LogP contribution in [0.3, 0.4) is 0 Å². The first-order chi connectivity index (χ1) is 13.6. The summed E-state index contributed by atoms with van der Waals surface area (Å²) in [5.41, 5.74) is 0.114. The molecule has 0 atom stereocenters. The number of hydrogen-bond donors (Lipinski definition) is 0. The van der Waals surface area contributed by atoms with Crippen LogP contribution in [0.1, 0.15) is 5.76 Å². The molecule has 1 aromatic heterocycles. The number of ether oxygens (including phenoxy) is 1. The molecule has 1 aliphatic heterocycles. The van der Waals surface area contributed by atoms with E-state index in [1.807, 2.05) is 19.0 Å². The predicted molar refractivity (Wildman–Crippen MR) is 102 cm³/mol. The molecule has 0 unspecified atom stereocenters. The standard InChI is InChI=1S/C19H17F3N2O4S/c1-23(2)9-10-24-17(25)16(29-18(24)26)11-12-7-8-14(27-12)13-5-3-4-6-15(13)28-19(20,21)22/h3-8,11H,9-10H2,1-2H3/b16-11-. The Kier molecular flexibility index (Phi) is 6.04. The average molecular weight is 426 g/mol. The van der Waals surface area contributed by atoms with Crippen LogP contribution in [-0.4, -0.2) is 54.5 Å². The zero-order chi connectivity index (χ0) is 21.2. The molecule has 2 aromatic rings. The predicted octanol–water partition coefficient (Wildman–Crippen LogP) is 4.44. The van der Waals surface area contributed by atoms with Gasteiger partial charge in [-0.05, 0) is 50.1 Å². The van der Waals surface area contributed by atoms with E-state index >= 15 is 0 Å². The summed E-state index contributed by atoms with van der Waals surface area (Å²) < 4.78 is 47.4. The number of furan rings is 1. The van der Waals surface area contributed by atoms with Gasteiger partial charge >= 0.3 is 6.36 Å². The van der Waals surface area contributed by atoms with Gasteiger partial charge in [0.05, 0.1) is 10.5 Å². The lowest BCUT2D eigenvalue weighted by Crippen LogP contribution is -2.34.